The van der Waals surface area contributed by atoms with Crippen LogP contribution in [0.5, 0.6) is 5.75 Å². The maximum absolute atomic E-state index is 13.2. The van der Waals surface area contributed by atoms with Crippen LogP contribution in [0.2, 0.25) is 0 Å². The molecule has 2 aromatic carbocycles. The van der Waals surface area contributed by atoms with Gasteiger partial charge in [0.15, 0.2) is 0 Å². The number of ether oxygens (including phenoxy) is 2. The Kier molecular flexibility index (Phi) is 8.15. The molecule has 34 heavy (non-hydrogen) atoms. The Bertz CT molecular complexity index is 1090. The second-order valence-electron chi connectivity index (χ2n) is 9.11. The molecule has 1 aliphatic heterocycles. The van der Waals surface area contributed by atoms with E-state index in [0.29, 0.717) is 18.8 Å². The van der Waals surface area contributed by atoms with Gasteiger partial charge in [0.2, 0.25) is 0 Å². The first-order valence-electron chi connectivity index (χ1n) is 11.9. The molecule has 2 aromatic rings. The molecule has 0 saturated carbocycles. The summed E-state index contributed by atoms with van der Waals surface area (Å²) in [5, 5.41) is 11.4. The highest BCUT2D eigenvalue weighted by Gasteiger charge is 2.46. The molecule has 0 spiro atoms. The molecule has 182 valence electrons. The predicted molar refractivity (Wildman–Crippen MR) is 133 cm³/mol. The number of aliphatic hydroxyl groups is 1. The van der Waals surface area contributed by atoms with Gasteiger partial charge in [-0.3, -0.25) is 9.59 Å². The number of nitrogens with zero attached hydrogens (tertiary/aromatic N) is 1. The zero-order chi connectivity index (χ0) is 25.0. The molecule has 6 nitrogen and oxygen atoms in total. The number of carbonyl (C=O) groups excluding carboxylic acids is 2. The van der Waals surface area contributed by atoms with Gasteiger partial charge in [-0.1, -0.05) is 38.1 Å². The molecule has 1 saturated heterocycles. The van der Waals surface area contributed by atoms with Gasteiger partial charge >= 0.3 is 0 Å². The number of ketones is 1. The lowest BCUT2D eigenvalue weighted by Crippen LogP contribution is -2.33. The van der Waals surface area contributed by atoms with Crippen LogP contribution in [0.3, 0.4) is 0 Å². The minimum atomic E-state index is -0.689. The van der Waals surface area contributed by atoms with Crippen molar-refractivity contribution in [2.45, 2.75) is 59.6 Å². The molecule has 0 radical (unpaired) electrons. The fraction of sp³-hybridized carbons (Fsp3) is 0.429. The summed E-state index contributed by atoms with van der Waals surface area (Å²) in [6, 6.07) is 12.3. The van der Waals surface area contributed by atoms with E-state index < -0.39 is 17.7 Å². The van der Waals surface area contributed by atoms with Gasteiger partial charge in [0.05, 0.1) is 30.9 Å². The Morgan fingerprint density at radius 2 is 1.79 bits per heavy atom. The number of amides is 1. The number of rotatable bonds is 9. The number of likely N-dealkylation sites (tertiary alicyclic amines) is 1. The summed E-state index contributed by atoms with van der Waals surface area (Å²) in [6.07, 6.45) is 0.00652. The third-order valence-corrected chi connectivity index (χ3v) is 6.01. The smallest absolute Gasteiger partial charge is 0.295 e. The van der Waals surface area contributed by atoms with Gasteiger partial charge in [-0.15, -0.1) is 0 Å². The van der Waals surface area contributed by atoms with E-state index in [1.165, 1.54) is 4.90 Å². The zero-order valence-corrected chi connectivity index (χ0v) is 20.9. The Morgan fingerprint density at radius 1 is 1.09 bits per heavy atom. The lowest BCUT2D eigenvalue weighted by Gasteiger charge is -2.27. The van der Waals surface area contributed by atoms with Gasteiger partial charge in [-0.05, 0) is 68.5 Å². The number of aliphatic hydroxyl groups excluding tert-OH is 1. The molecular weight excluding hydrogens is 430 g/mol. The number of aryl methyl sites for hydroxylation is 1. The van der Waals surface area contributed by atoms with Gasteiger partial charge in [0, 0.05) is 12.1 Å². The van der Waals surface area contributed by atoms with Gasteiger partial charge in [0.1, 0.15) is 11.5 Å². The summed E-state index contributed by atoms with van der Waals surface area (Å²) in [7, 11) is 0. The number of benzene rings is 2. The maximum Gasteiger partial charge on any atom is 0.295 e. The number of carbonyl (C=O) groups is 2. The van der Waals surface area contributed by atoms with Crippen LogP contribution in [0.25, 0.3) is 5.76 Å². The van der Waals surface area contributed by atoms with E-state index >= 15 is 0 Å². The van der Waals surface area contributed by atoms with Crippen molar-refractivity contribution in [3.63, 3.8) is 0 Å². The third kappa shape index (κ3) is 5.17. The lowest BCUT2D eigenvalue weighted by molar-refractivity contribution is -0.140. The predicted octanol–water partition coefficient (Wildman–Crippen LogP) is 5.36. The first kappa shape index (κ1) is 25.5. The summed E-state index contributed by atoms with van der Waals surface area (Å²) >= 11 is 0. The van der Waals surface area contributed by atoms with E-state index in [1.54, 1.807) is 6.07 Å². The summed E-state index contributed by atoms with van der Waals surface area (Å²) < 4.78 is 11.4. The fourth-order valence-electron chi connectivity index (χ4n) is 4.30. The standard InChI is InChI=1S/C28H35NO5/c1-7-33-23-13-12-20(16-22(23)17(2)3)26(30)24-25(21-11-9-8-10-19(21)6)29(28(32)27(24)31)14-15-34-18(4)5/h8-13,16-18,25,30H,7,14-15H2,1-6H3/b26-24+. The Morgan fingerprint density at radius 3 is 2.41 bits per heavy atom. The Hall–Kier alpha value is -3.12. The minimum absolute atomic E-state index is 0.00652. The van der Waals surface area contributed by atoms with Crippen LogP contribution >= 0.6 is 0 Å². The van der Waals surface area contributed by atoms with E-state index in [4.69, 9.17) is 9.47 Å². The SMILES string of the molecule is CCOc1ccc(/C(O)=C2\C(=O)C(=O)N(CCOC(C)C)C2c2ccccc2C)cc1C(C)C. The average Bonchev–Trinajstić information content (AvgIpc) is 3.04. The van der Waals surface area contributed by atoms with Crippen LogP contribution in [-0.2, 0) is 14.3 Å². The molecule has 1 unspecified atom stereocenters. The van der Waals surface area contributed by atoms with Crippen LogP contribution in [0.15, 0.2) is 48.0 Å². The van der Waals surface area contributed by atoms with Crippen LogP contribution in [0.1, 0.15) is 68.8 Å². The van der Waals surface area contributed by atoms with Crippen molar-refractivity contribution >= 4 is 17.4 Å². The van der Waals surface area contributed by atoms with E-state index in [0.717, 1.165) is 22.4 Å². The van der Waals surface area contributed by atoms with Crippen molar-refractivity contribution in [3.05, 3.63) is 70.3 Å². The fourth-order valence-corrected chi connectivity index (χ4v) is 4.30. The van der Waals surface area contributed by atoms with Crippen LogP contribution in [0, 0.1) is 6.92 Å². The molecule has 1 fully saturated rings. The summed E-state index contributed by atoms with van der Waals surface area (Å²) in [5.41, 5.74) is 3.26. The van der Waals surface area contributed by atoms with Crippen LogP contribution in [0.4, 0.5) is 0 Å². The molecule has 1 amide bonds. The van der Waals surface area contributed by atoms with Gasteiger partial charge in [-0.2, -0.15) is 0 Å². The summed E-state index contributed by atoms with van der Waals surface area (Å²) in [5.74, 6) is -0.593. The summed E-state index contributed by atoms with van der Waals surface area (Å²) in [6.45, 7) is 12.9. The summed E-state index contributed by atoms with van der Waals surface area (Å²) in [4.78, 5) is 27.8. The zero-order valence-electron chi connectivity index (χ0n) is 20.9. The molecular formula is C28H35NO5. The van der Waals surface area contributed by atoms with Crippen molar-refractivity contribution < 1.29 is 24.2 Å². The number of hydrogen-bond acceptors (Lipinski definition) is 5. The highest BCUT2D eigenvalue weighted by atomic mass is 16.5. The molecule has 1 atom stereocenters. The van der Waals surface area contributed by atoms with E-state index in [-0.39, 0.29) is 29.9 Å². The lowest BCUT2D eigenvalue weighted by atomic mass is 9.91. The molecule has 0 bridgehead atoms. The highest BCUT2D eigenvalue weighted by Crippen LogP contribution is 2.41. The molecule has 1 aliphatic rings. The van der Waals surface area contributed by atoms with Crippen molar-refractivity contribution in [1.29, 1.82) is 0 Å². The van der Waals surface area contributed by atoms with Gasteiger partial charge in [0.25, 0.3) is 11.7 Å². The van der Waals surface area contributed by atoms with E-state index in [1.807, 2.05) is 77.9 Å². The molecule has 6 heteroatoms. The highest BCUT2D eigenvalue weighted by molar-refractivity contribution is 6.46. The quantitative estimate of drug-likeness (QED) is 0.306. The molecule has 0 aliphatic carbocycles. The molecule has 1 N–H and O–H groups in total. The van der Waals surface area contributed by atoms with Gasteiger partial charge in [-0.25, -0.2) is 0 Å². The average molecular weight is 466 g/mol. The van der Waals surface area contributed by atoms with Crippen molar-refractivity contribution in [3.8, 4) is 5.75 Å². The second-order valence-corrected chi connectivity index (χ2v) is 9.11. The molecule has 0 aromatic heterocycles. The normalized spacial score (nSPS) is 17.8. The third-order valence-electron chi connectivity index (χ3n) is 6.01. The van der Waals surface area contributed by atoms with E-state index in [2.05, 4.69) is 0 Å². The molecule has 3 rings (SSSR count). The first-order chi connectivity index (χ1) is 16.2. The maximum atomic E-state index is 13.2. The first-order valence-corrected chi connectivity index (χ1v) is 11.9. The Balaban J connectivity index is 2.15. The largest absolute Gasteiger partial charge is 0.507 e. The van der Waals surface area contributed by atoms with Crippen LogP contribution in [-0.4, -0.2) is 47.6 Å². The minimum Gasteiger partial charge on any atom is -0.507 e. The van der Waals surface area contributed by atoms with Crippen molar-refractivity contribution in [2.24, 2.45) is 0 Å². The Labute approximate surface area is 202 Å². The topological polar surface area (TPSA) is 76.1 Å². The van der Waals surface area contributed by atoms with Crippen LogP contribution < -0.4 is 4.74 Å². The van der Waals surface area contributed by atoms with E-state index in [9.17, 15) is 14.7 Å². The van der Waals surface area contributed by atoms with Gasteiger partial charge < -0.3 is 19.5 Å². The molecule has 1 heterocycles. The number of hydrogen-bond donors (Lipinski definition) is 1. The second kappa shape index (κ2) is 10.9. The number of Topliss-reactive ketones (excluding diaryl/α,β-unsaturated/α-hetero) is 1. The van der Waals surface area contributed by atoms with Crippen molar-refractivity contribution in [2.75, 3.05) is 19.8 Å². The monoisotopic (exact) mass is 465 g/mol. The van der Waals surface area contributed by atoms with Crippen molar-refractivity contribution in [1.82, 2.24) is 4.90 Å².